The van der Waals surface area contributed by atoms with Crippen LogP contribution in [0.25, 0.3) is 0 Å². The Labute approximate surface area is 80.8 Å². The molecule has 0 bridgehead atoms. The maximum absolute atomic E-state index is 10.4. The topological polar surface area (TPSA) is 105 Å². The first kappa shape index (κ1) is 12.1. The summed E-state index contributed by atoms with van der Waals surface area (Å²) >= 11 is 0. The lowest BCUT2D eigenvalue weighted by Gasteiger charge is -2.16. The highest BCUT2D eigenvalue weighted by molar-refractivity contribution is 7.46. The van der Waals surface area contributed by atoms with E-state index in [1.165, 1.54) is 7.11 Å². The lowest BCUT2D eigenvalue weighted by Crippen LogP contribution is -2.27. The van der Waals surface area contributed by atoms with Gasteiger partial charge in [0.25, 0.3) is 0 Å². The largest absolute Gasteiger partial charge is 0.469 e. The maximum atomic E-state index is 10.4. The monoisotopic (exact) mass is 228 g/mol. The summed E-state index contributed by atoms with van der Waals surface area (Å²) in [5.41, 5.74) is 0. The van der Waals surface area contributed by atoms with Crippen molar-refractivity contribution in [2.45, 2.75) is 24.9 Å². The number of phosphoric acid groups is 1. The van der Waals surface area contributed by atoms with E-state index in [0.717, 1.165) is 0 Å². The van der Waals surface area contributed by atoms with Gasteiger partial charge in [-0.15, -0.1) is 0 Å². The fraction of sp³-hybridized carbons (Fsp3) is 1.00. The fourth-order valence-corrected chi connectivity index (χ4v) is 1.60. The van der Waals surface area contributed by atoms with Crippen LogP contribution in [0.5, 0.6) is 0 Å². The van der Waals surface area contributed by atoms with Gasteiger partial charge in [0.05, 0.1) is 12.7 Å². The van der Waals surface area contributed by atoms with Crippen LogP contribution in [0.3, 0.4) is 0 Å². The van der Waals surface area contributed by atoms with Crippen LogP contribution in [0.1, 0.15) is 6.42 Å². The molecule has 1 rings (SSSR count). The molecule has 0 aromatic rings. The van der Waals surface area contributed by atoms with Crippen LogP contribution in [0, 0.1) is 0 Å². The molecule has 84 valence electrons. The minimum atomic E-state index is -4.49. The van der Waals surface area contributed by atoms with Gasteiger partial charge in [0.1, 0.15) is 6.10 Å². The molecule has 14 heavy (non-hydrogen) atoms. The van der Waals surface area contributed by atoms with E-state index in [0.29, 0.717) is 0 Å². The molecule has 0 aliphatic carbocycles. The lowest BCUT2D eigenvalue weighted by atomic mass is 10.2. The van der Waals surface area contributed by atoms with Crippen LogP contribution in [0.2, 0.25) is 0 Å². The fourth-order valence-electron chi connectivity index (χ4n) is 1.26. The van der Waals surface area contributed by atoms with Crippen LogP contribution in [-0.4, -0.2) is 47.1 Å². The third kappa shape index (κ3) is 3.62. The first-order valence-electron chi connectivity index (χ1n) is 3.99. The number of hydrogen-bond donors (Lipinski definition) is 3. The normalized spacial score (nSPS) is 33.6. The standard InChI is InChI=1S/C6H13O7P/c1-11-4-2-6(7)13-5(4)3-12-14(8,9)10/h4-7H,2-3H2,1H3,(H2,8,9,10)/t4-,5?,6-/m1/s1. The number of phosphoric ester groups is 1. The summed E-state index contributed by atoms with van der Waals surface area (Å²) in [7, 11) is -3.06. The molecule has 0 saturated carbocycles. The van der Waals surface area contributed by atoms with Crippen molar-refractivity contribution >= 4 is 7.82 Å². The van der Waals surface area contributed by atoms with Crippen LogP contribution in [0.15, 0.2) is 0 Å². The second-order valence-electron chi connectivity index (χ2n) is 2.93. The summed E-state index contributed by atoms with van der Waals surface area (Å²) in [5.74, 6) is 0. The van der Waals surface area contributed by atoms with E-state index < -0.39 is 26.3 Å². The Morgan fingerprint density at radius 1 is 1.57 bits per heavy atom. The smallest absolute Gasteiger partial charge is 0.378 e. The molecule has 1 saturated heterocycles. The zero-order valence-electron chi connectivity index (χ0n) is 7.57. The summed E-state index contributed by atoms with van der Waals surface area (Å²) in [6.07, 6.45) is -1.75. The van der Waals surface area contributed by atoms with Gasteiger partial charge in [0.2, 0.25) is 0 Å². The number of hydrogen-bond acceptors (Lipinski definition) is 5. The molecule has 0 radical (unpaired) electrons. The van der Waals surface area contributed by atoms with Gasteiger partial charge in [-0.05, 0) is 0 Å². The van der Waals surface area contributed by atoms with E-state index >= 15 is 0 Å². The van der Waals surface area contributed by atoms with Gasteiger partial charge in [-0.2, -0.15) is 0 Å². The number of rotatable bonds is 4. The minimum absolute atomic E-state index is 0.270. The molecular weight excluding hydrogens is 215 g/mol. The van der Waals surface area contributed by atoms with Crippen molar-refractivity contribution < 1.29 is 33.5 Å². The van der Waals surface area contributed by atoms with Gasteiger partial charge in [-0.25, -0.2) is 4.57 Å². The highest BCUT2D eigenvalue weighted by Gasteiger charge is 2.35. The maximum Gasteiger partial charge on any atom is 0.469 e. The molecule has 8 heteroatoms. The van der Waals surface area contributed by atoms with E-state index in [1.807, 2.05) is 0 Å². The predicted molar refractivity (Wildman–Crippen MR) is 44.3 cm³/mol. The van der Waals surface area contributed by atoms with Gasteiger partial charge in [0, 0.05) is 13.5 Å². The van der Waals surface area contributed by atoms with E-state index in [9.17, 15) is 4.57 Å². The molecule has 1 unspecified atom stereocenters. The quantitative estimate of drug-likeness (QED) is 0.542. The van der Waals surface area contributed by atoms with Crippen molar-refractivity contribution in [2.24, 2.45) is 0 Å². The van der Waals surface area contributed by atoms with Crippen LogP contribution >= 0.6 is 7.82 Å². The van der Waals surface area contributed by atoms with E-state index in [1.54, 1.807) is 0 Å². The molecule has 1 heterocycles. The van der Waals surface area contributed by atoms with Gasteiger partial charge in [-0.1, -0.05) is 0 Å². The SMILES string of the molecule is CO[C@@H]1C[C@H](O)OC1COP(=O)(O)O. The zero-order valence-corrected chi connectivity index (χ0v) is 8.46. The molecule has 0 aromatic carbocycles. The predicted octanol–water partition coefficient (Wildman–Crippen LogP) is -0.782. The number of ether oxygens (including phenoxy) is 2. The third-order valence-corrected chi connectivity index (χ3v) is 2.38. The average molecular weight is 228 g/mol. The molecule has 0 aromatic heterocycles. The summed E-state index contributed by atoms with van der Waals surface area (Å²) in [5, 5.41) is 9.08. The molecule has 0 spiro atoms. The molecule has 1 fully saturated rings. The lowest BCUT2D eigenvalue weighted by molar-refractivity contribution is -0.108. The summed E-state index contributed by atoms with van der Waals surface area (Å²) in [6.45, 7) is -0.306. The van der Waals surface area contributed by atoms with Crippen LogP contribution in [0.4, 0.5) is 0 Å². The number of aliphatic hydroxyl groups excluding tert-OH is 1. The molecule has 1 aliphatic heterocycles. The summed E-state index contributed by atoms with van der Waals surface area (Å²) in [6, 6.07) is 0. The Morgan fingerprint density at radius 3 is 2.71 bits per heavy atom. The zero-order chi connectivity index (χ0) is 10.8. The molecule has 1 aliphatic rings. The molecule has 3 atom stereocenters. The second-order valence-corrected chi connectivity index (χ2v) is 4.16. The molecule has 7 nitrogen and oxygen atoms in total. The van der Waals surface area contributed by atoms with Crippen molar-refractivity contribution in [3.8, 4) is 0 Å². The first-order valence-corrected chi connectivity index (χ1v) is 5.52. The summed E-state index contributed by atoms with van der Waals surface area (Å²) < 4.78 is 24.5. The van der Waals surface area contributed by atoms with Gasteiger partial charge in [-0.3, -0.25) is 4.52 Å². The highest BCUT2D eigenvalue weighted by Crippen LogP contribution is 2.37. The van der Waals surface area contributed by atoms with E-state index in [-0.39, 0.29) is 13.0 Å². The average Bonchev–Trinajstić information content (AvgIpc) is 2.41. The van der Waals surface area contributed by atoms with Gasteiger partial charge >= 0.3 is 7.82 Å². The highest BCUT2D eigenvalue weighted by atomic mass is 31.2. The van der Waals surface area contributed by atoms with Crippen LogP contribution in [-0.2, 0) is 18.6 Å². The van der Waals surface area contributed by atoms with Crippen molar-refractivity contribution in [1.82, 2.24) is 0 Å². The third-order valence-electron chi connectivity index (χ3n) is 1.89. The Hall–Kier alpha value is -0.0100. The number of aliphatic hydroxyl groups is 1. The Kier molecular flexibility index (Phi) is 4.03. The van der Waals surface area contributed by atoms with Crippen molar-refractivity contribution in [1.29, 1.82) is 0 Å². The Bertz CT molecular complexity index is 226. The first-order chi connectivity index (χ1) is 6.42. The van der Waals surface area contributed by atoms with Gasteiger partial charge in [0.15, 0.2) is 6.29 Å². The van der Waals surface area contributed by atoms with Crippen LogP contribution < -0.4 is 0 Å². The Balaban J connectivity index is 2.40. The molecular formula is C6H13O7P. The summed E-state index contributed by atoms with van der Waals surface area (Å²) in [4.78, 5) is 16.9. The number of methoxy groups -OCH3 is 1. The second kappa shape index (κ2) is 4.67. The van der Waals surface area contributed by atoms with E-state index in [4.69, 9.17) is 24.4 Å². The molecule has 3 N–H and O–H groups in total. The van der Waals surface area contributed by atoms with E-state index in [2.05, 4.69) is 4.52 Å². The minimum Gasteiger partial charge on any atom is -0.378 e. The molecule has 0 amide bonds. The van der Waals surface area contributed by atoms with Crippen molar-refractivity contribution in [2.75, 3.05) is 13.7 Å². The van der Waals surface area contributed by atoms with Crippen molar-refractivity contribution in [3.05, 3.63) is 0 Å². The Morgan fingerprint density at radius 2 is 2.21 bits per heavy atom. The van der Waals surface area contributed by atoms with Gasteiger partial charge < -0.3 is 24.4 Å². The van der Waals surface area contributed by atoms with Crippen molar-refractivity contribution in [3.63, 3.8) is 0 Å².